The molecule has 3 nitrogen and oxygen atoms in total. The molecule has 0 unspecified atom stereocenters. The van der Waals surface area contributed by atoms with Crippen molar-refractivity contribution in [1.29, 1.82) is 0 Å². The zero-order valence-corrected chi connectivity index (χ0v) is 37.9. The predicted molar refractivity (Wildman–Crippen MR) is 243 cm³/mol. The van der Waals surface area contributed by atoms with Gasteiger partial charge in [-0.2, -0.15) is 0 Å². The normalized spacial score (nSPS) is 11.5. The molecule has 0 fully saturated rings. The first-order chi connectivity index (χ1) is 27.1. The second kappa shape index (κ2) is 16.9. The van der Waals surface area contributed by atoms with Crippen LogP contribution in [0.1, 0.15) is 30.5 Å². The average Bonchev–Trinajstić information content (AvgIpc) is 3.79. The van der Waals surface area contributed by atoms with E-state index in [1.54, 1.807) is 11.3 Å². The number of thiophene rings is 1. The number of pyridine rings is 1. The third-order valence-electron chi connectivity index (χ3n) is 10.5. The van der Waals surface area contributed by atoms with Gasteiger partial charge < -0.3 is 9.55 Å². The fraction of sp³-hybridized carbons (Fsp3) is 0.176. The molecule has 287 valence electrons. The van der Waals surface area contributed by atoms with Crippen LogP contribution in [0.3, 0.4) is 0 Å². The number of benzene rings is 6. The van der Waals surface area contributed by atoms with Crippen LogP contribution in [0, 0.1) is 31.2 Å². The number of para-hydroxylation sites is 2. The first-order valence-electron chi connectivity index (χ1n) is 19.5. The minimum Gasteiger partial charge on any atom is -0.333 e. The van der Waals surface area contributed by atoms with E-state index in [1.807, 2.05) is 18.2 Å². The van der Waals surface area contributed by atoms with Gasteiger partial charge in [0.25, 0.3) is 0 Å². The van der Waals surface area contributed by atoms with Gasteiger partial charge >= 0.3 is 0 Å². The average molecular weight is 954 g/mol. The Kier molecular flexibility index (Phi) is 11.9. The number of rotatable bonds is 7. The van der Waals surface area contributed by atoms with E-state index in [0.717, 1.165) is 45.8 Å². The number of hydrogen-bond acceptors (Lipinski definition) is 3. The second-order valence-corrected chi connectivity index (χ2v) is 22.1. The van der Waals surface area contributed by atoms with Gasteiger partial charge in [0.1, 0.15) is 0 Å². The number of aryl methyl sites for hydroxylation is 2. The van der Waals surface area contributed by atoms with Gasteiger partial charge in [-0.25, -0.2) is 0 Å². The number of aromatic nitrogens is 3. The first kappa shape index (κ1) is 40.2. The Morgan fingerprint density at radius 2 is 1.47 bits per heavy atom. The molecule has 0 amide bonds. The van der Waals surface area contributed by atoms with Crippen molar-refractivity contribution in [2.45, 2.75) is 53.8 Å². The fourth-order valence-corrected chi connectivity index (χ4v) is 10.4. The van der Waals surface area contributed by atoms with Crippen molar-refractivity contribution in [1.82, 2.24) is 14.5 Å². The zero-order valence-electron chi connectivity index (χ0n) is 33.6. The van der Waals surface area contributed by atoms with Gasteiger partial charge in [-0.3, -0.25) is 16.3 Å². The molecule has 0 saturated heterocycles. The maximum Gasteiger partial charge on any atom is 0.0798 e. The Bertz CT molecular complexity index is 2800. The third-order valence-corrected chi connectivity index (χ3v) is 13.4. The van der Waals surface area contributed by atoms with E-state index >= 15 is 0 Å². The Balaban J connectivity index is 0.000000202. The molecule has 0 saturated carbocycles. The first-order valence-corrected chi connectivity index (χ1v) is 23.8. The quantitative estimate of drug-likeness (QED) is 0.118. The van der Waals surface area contributed by atoms with E-state index in [4.69, 9.17) is 4.98 Å². The topological polar surface area (TPSA) is 30.7 Å². The zero-order chi connectivity index (χ0) is 39.0. The number of imidazole rings is 1. The van der Waals surface area contributed by atoms with Crippen LogP contribution in [0.25, 0.3) is 71.4 Å². The number of fused-ring (bicyclic) bond motifs is 3. The van der Waals surface area contributed by atoms with Crippen molar-refractivity contribution >= 4 is 56.5 Å². The monoisotopic (exact) mass is 954 g/mol. The van der Waals surface area contributed by atoms with Crippen molar-refractivity contribution in [2.75, 3.05) is 0 Å². The molecule has 6 aromatic carbocycles. The predicted octanol–water partition coefficient (Wildman–Crippen LogP) is 13.4. The summed E-state index contributed by atoms with van der Waals surface area (Å²) in [6, 6.07) is 50.3. The summed E-state index contributed by atoms with van der Waals surface area (Å²) in [4.78, 5) is 9.82. The molecule has 0 N–H and O–H groups in total. The third kappa shape index (κ3) is 8.24. The SMILES string of the molecule is CC(C)Cc1cc(-c2[c-]cccc2)ncc1[Si](C)(C)C.Cc1cccc(C)c1-c1ccc2c(-c3nc4ccccc4n3-c3cccc4ccccc34)[c-]sc2c1.[Ir]. The van der Waals surface area contributed by atoms with Crippen LogP contribution in [0.4, 0.5) is 0 Å². The molecule has 57 heavy (non-hydrogen) atoms. The van der Waals surface area contributed by atoms with Crippen LogP contribution in [-0.4, -0.2) is 22.6 Å². The van der Waals surface area contributed by atoms with Gasteiger partial charge in [-0.1, -0.05) is 140 Å². The fourth-order valence-electron chi connectivity index (χ4n) is 7.89. The van der Waals surface area contributed by atoms with Crippen molar-refractivity contribution in [3.8, 4) is 39.5 Å². The smallest absolute Gasteiger partial charge is 0.0798 e. The molecule has 0 bridgehead atoms. The number of nitrogens with zero attached hydrogens (tertiary/aromatic N) is 3. The van der Waals surface area contributed by atoms with Gasteiger partial charge in [0.05, 0.1) is 24.9 Å². The van der Waals surface area contributed by atoms with Crippen LogP contribution >= 0.6 is 11.3 Å². The maximum atomic E-state index is 5.14. The summed E-state index contributed by atoms with van der Waals surface area (Å²) in [5.41, 5.74) is 13.0. The van der Waals surface area contributed by atoms with Crippen LogP contribution in [0.2, 0.25) is 19.6 Å². The summed E-state index contributed by atoms with van der Waals surface area (Å²) in [7, 11) is -1.34. The molecule has 0 aliphatic carbocycles. The molecule has 0 aliphatic heterocycles. The molecule has 6 heteroatoms. The molecular weight excluding hydrogens is 907 g/mol. The van der Waals surface area contributed by atoms with E-state index in [-0.39, 0.29) is 20.1 Å². The van der Waals surface area contributed by atoms with Crippen LogP contribution in [-0.2, 0) is 26.5 Å². The molecule has 9 aromatic rings. The minimum atomic E-state index is -1.34. The van der Waals surface area contributed by atoms with Gasteiger partial charge in [-0.15, -0.1) is 47.3 Å². The minimum absolute atomic E-state index is 0. The Labute approximate surface area is 355 Å². The van der Waals surface area contributed by atoms with Crippen molar-refractivity contribution < 1.29 is 20.1 Å². The summed E-state index contributed by atoms with van der Waals surface area (Å²) in [5.74, 6) is 1.60. The summed E-state index contributed by atoms with van der Waals surface area (Å²) >= 11 is 1.67. The standard InChI is InChI=1S/C33H23N2S.C18H24NSi.Ir/c1-21-9-7-10-22(2)32(21)24-17-18-26-27(20-36-31(26)19-24)33-34-28-14-5-6-15-30(28)35(33)29-16-8-12-23-11-3-4-13-25(23)29;1-14(2)11-16-12-17(15-9-7-6-8-10-15)19-13-18(16)20(3,4)5;/h3-19H,1-2H3;6-9,12-14H,11H2,1-5H3;/q2*-1;. The van der Waals surface area contributed by atoms with Crippen molar-refractivity contribution in [3.05, 3.63) is 168 Å². The Morgan fingerprint density at radius 1 is 0.754 bits per heavy atom. The van der Waals surface area contributed by atoms with Crippen molar-refractivity contribution in [3.63, 3.8) is 0 Å². The molecule has 3 heterocycles. The summed E-state index contributed by atoms with van der Waals surface area (Å²) in [5, 5.41) is 8.72. The molecular formula is C51H47IrN3SSi-2. The number of hydrogen-bond donors (Lipinski definition) is 0. The van der Waals surface area contributed by atoms with E-state index in [2.05, 4.69) is 190 Å². The van der Waals surface area contributed by atoms with Gasteiger partial charge in [0, 0.05) is 37.4 Å². The van der Waals surface area contributed by atoms with Gasteiger partial charge in [0.15, 0.2) is 0 Å². The molecule has 9 rings (SSSR count). The summed E-state index contributed by atoms with van der Waals surface area (Å²) in [6.07, 6.45) is 3.24. The van der Waals surface area contributed by atoms with Gasteiger partial charge in [0.2, 0.25) is 0 Å². The van der Waals surface area contributed by atoms with E-state index in [1.165, 1.54) is 53.9 Å². The second-order valence-electron chi connectivity index (χ2n) is 16.2. The van der Waals surface area contributed by atoms with E-state index in [0.29, 0.717) is 5.92 Å². The van der Waals surface area contributed by atoms with E-state index in [9.17, 15) is 0 Å². The summed E-state index contributed by atoms with van der Waals surface area (Å²) < 4.78 is 3.52. The molecule has 0 aliphatic rings. The Hall–Kier alpha value is -4.97. The van der Waals surface area contributed by atoms with Crippen LogP contribution in [0.5, 0.6) is 0 Å². The molecule has 1 radical (unpaired) electrons. The molecule has 0 spiro atoms. The van der Waals surface area contributed by atoms with Crippen LogP contribution in [0.15, 0.2) is 140 Å². The van der Waals surface area contributed by atoms with Crippen molar-refractivity contribution in [2.24, 2.45) is 5.92 Å². The maximum absolute atomic E-state index is 5.14. The molecule has 3 aromatic heterocycles. The largest absolute Gasteiger partial charge is 0.333 e. The van der Waals surface area contributed by atoms with E-state index < -0.39 is 8.07 Å². The Morgan fingerprint density at radius 3 is 2.23 bits per heavy atom. The summed E-state index contributed by atoms with van der Waals surface area (Å²) in [6.45, 7) is 16.1. The molecule has 0 atom stereocenters. The van der Waals surface area contributed by atoms with Gasteiger partial charge in [-0.05, 0) is 82.9 Å². The van der Waals surface area contributed by atoms with Crippen LogP contribution < -0.4 is 5.19 Å².